The van der Waals surface area contributed by atoms with E-state index >= 15 is 0 Å². The third-order valence-corrected chi connectivity index (χ3v) is 4.41. The molecule has 3 unspecified atom stereocenters. The van der Waals surface area contributed by atoms with Gasteiger partial charge in [-0.3, -0.25) is 4.79 Å². The fourth-order valence-corrected chi connectivity index (χ4v) is 3.30. The number of carbonyl (C=O) groups is 1. The first-order valence-electron chi connectivity index (χ1n) is 7.38. The minimum Gasteiger partial charge on any atom is -0.396 e. The van der Waals surface area contributed by atoms with Crippen LogP contribution in [0.25, 0.3) is 0 Å². The van der Waals surface area contributed by atoms with Crippen molar-refractivity contribution in [1.29, 1.82) is 0 Å². The molecular weight excluding hydrogens is 228 g/mol. The lowest BCUT2D eigenvalue weighted by Gasteiger charge is -2.40. The van der Waals surface area contributed by atoms with Gasteiger partial charge in [0.05, 0.1) is 6.04 Å². The molecule has 0 saturated carbocycles. The van der Waals surface area contributed by atoms with Gasteiger partial charge in [-0.1, -0.05) is 6.92 Å². The van der Waals surface area contributed by atoms with Gasteiger partial charge in [0.15, 0.2) is 0 Å². The number of likely N-dealkylation sites (tertiary alicyclic amines) is 1. The van der Waals surface area contributed by atoms with Gasteiger partial charge in [0.25, 0.3) is 0 Å². The van der Waals surface area contributed by atoms with Crippen LogP contribution in [-0.2, 0) is 4.79 Å². The summed E-state index contributed by atoms with van der Waals surface area (Å²) in [7, 11) is 0. The summed E-state index contributed by atoms with van der Waals surface area (Å²) in [5.41, 5.74) is 0. The smallest absolute Gasteiger partial charge is 0.240 e. The predicted octanol–water partition coefficient (Wildman–Crippen LogP) is 1.14. The van der Waals surface area contributed by atoms with Crippen molar-refractivity contribution in [3.8, 4) is 0 Å². The molecule has 4 nitrogen and oxygen atoms in total. The van der Waals surface area contributed by atoms with Crippen LogP contribution in [0.15, 0.2) is 0 Å². The van der Waals surface area contributed by atoms with Crippen LogP contribution in [0.1, 0.15) is 45.4 Å². The molecule has 4 heteroatoms. The van der Waals surface area contributed by atoms with Crippen LogP contribution < -0.4 is 5.32 Å². The summed E-state index contributed by atoms with van der Waals surface area (Å²) in [6.07, 6.45) is 6.38. The average molecular weight is 254 g/mol. The van der Waals surface area contributed by atoms with Gasteiger partial charge in [-0.15, -0.1) is 0 Å². The Morgan fingerprint density at radius 3 is 2.89 bits per heavy atom. The van der Waals surface area contributed by atoms with Crippen molar-refractivity contribution in [3.05, 3.63) is 0 Å². The second-order valence-corrected chi connectivity index (χ2v) is 5.74. The second kappa shape index (κ2) is 6.53. The van der Waals surface area contributed by atoms with E-state index in [0.29, 0.717) is 5.92 Å². The molecule has 2 fully saturated rings. The van der Waals surface area contributed by atoms with Crippen LogP contribution in [0, 0.1) is 5.92 Å². The Balaban J connectivity index is 2.00. The molecule has 0 bridgehead atoms. The molecule has 2 N–H and O–H groups in total. The lowest BCUT2D eigenvalue weighted by Crippen LogP contribution is -2.56. The molecular formula is C14H26N2O2. The Labute approximate surface area is 110 Å². The van der Waals surface area contributed by atoms with Gasteiger partial charge >= 0.3 is 0 Å². The fraction of sp³-hybridized carbons (Fsp3) is 0.929. The molecule has 1 amide bonds. The maximum absolute atomic E-state index is 12.6. The normalized spacial score (nSPS) is 33.4. The summed E-state index contributed by atoms with van der Waals surface area (Å²) in [5, 5.41) is 12.5. The number of aliphatic hydroxyl groups excluding tert-OH is 1. The highest BCUT2D eigenvalue weighted by atomic mass is 16.3. The molecule has 0 radical (unpaired) electrons. The lowest BCUT2D eigenvalue weighted by molar-refractivity contribution is -0.139. The highest BCUT2D eigenvalue weighted by Crippen LogP contribution is 2.24. The number of nitrogens with one attached hydrogen (secondary N) is 1. The van der Waals surface area contributed by atoms with Crippen LogP contribution >= 0.6 is 0 Å². The quantitative estimate of drug-likeness (QED) is 0.794. The van der Waals surface area contributed by atoms with E-state index in [9.17, 15) is 4.79 Å². The van der Waals surface area contributed by atoms with E-state index in [1.807, 2.05) is 4.90 Å². The van der Waals surface area contributed by atoms with Crippen LogP contribution in [0.5, 0.6) is 0 Å². The lowest BCUT2D eigenvalue weighted by atomic mass is 9.90. The molecule has 3 atom stereocenters. The Bertz CT molecular complexity index is 281. The number of carbonyl (C=O) groups excluding carboxylic acids is 1. The van der Waals surface area contributed by atoms with E-state index in [-0.39, 0.29) is 24.6 Å². The van der Waals surface area contributed by atoms with E-state index < -0.39 is 0 Å². The molecule has 2 aliphatic rings. The van der Waals surface area contributed by atoms with Gasteiger partial charge in [0, 0.05) is 19.2 Å². The molecule has 18 heavy (non-hydrogen) atoms. The largest absolute Gasteiger partial charge is 0.396 e. The van der Waals surface area contributed by atoms with E-state index in [1.165, 1.54) is 12.8 Å². The standard InChI is InChI=1S/C14H26N2O2/c1-11-5-4-8-15-13(11)14(18)16-9-3-2-6-12(16)7-10-17/h11-13,15,17H,2-10H2,1H3. The number of amides is 1. The minimum atomic E-state index is -0.00181. The zero-order valence-corrected chi connectivity index (χ0v) is 11.4. The number of rotatable bonds is 3. The van der Waals surface area contributed by atoms with E-state index in [4.69, 9.17) is 5.11 Å². The summed E-state index contributed by atoms with van der Waals surface area (Å²) in [6, 6.07) is 0.255. The Morgan fingerprint density at radius 1 is 1.33 bits per heavy atom. The van der Waals surface area contributed by atoms with Gasteiger partial charge in [0.2, 0.25) is 5.91 Å². The zero-order chi connectivity index (χ0) is 13.0. The number of hydrogen-bond acceptors (Lipinski definition) is 3. The van der Waals surface area contributed by atoms with Crippen molar-refractivity contribution >= 4 is 5.91 Å². The first-order chi connectivity index (χ1) is 8.74. The number of piperidine rings is 2. The number of aliphatic hydroxyl groups is 1. The van der Waals surface area contributed by atoms with Crippen molar-refractivity contribution in [2.75, 3.05) is 19.7 Å². The van der Waals surface area contributed by atoms with E-state index in [1.54, 1.807) is 0 Å². The van der Waals surface area contributed by atoms with E-state index in [0.717, 1.165) is 38.8 Å². The Kier molecular flexibility index (Phi) is 5.01. The van der Waals surface area contributed by atoms with Gasteiger partial charge in [-0.2, -0.15) is 0 Å². The summed E-state index contributed by atoms with van der Waals surface area (Å²) in [4.78, 5) is 14.7. The predicted molar refractivity (Wildman–Crippen MR) is 71.2 cm³/mol. The molecule has 0 aliphatic carbocycles. The first-order valence-corrected chi connectivity index (χ1v) is 7.38. The van der Waals surface area contributed by atoms with Gasteiger partial charge in [0.1, 0.15) is 0 Å². The maximum atomic E-state index is 12.6. The Morgan fingerprint density at radius 2 is 2.17 bits per heavy atom. The average Bonchev–Trinajstić information content (AvgIpc) is 2.40. The first kappa shape index (κ1) is 13.8. The molecule has 104 valence electrons. The molecule has 2 aliphatic heterocycles. The Hall–Kier alpha value is -0.610. The molecule has 0 aromatic rings. The number of hydrogen-bond donors (Lipinski definition) is 2. The number of nitrogens with zero attached hydrogens (tertiary/aromatic N) is 1. The highest BCUT2D eigenvalue weighted by molar-refractivity contribution is 5.82. The van der Waals surface area contributed by atoms with Gasteiger partial charge < -0.3 is 15.3 Å². The summed E-state index contributed by atoms with van der Waals surface area (Å²) < 4.78 is 0. The van der Waals surface area contributed by atoms with Gasteiger partial charge in [-0.25, -0.2) is 0 Å². The third kappa shape index (κ3) is 3.04. The van der Waals surface area contributed by atoms with Crippen molar-refractivity contribution < 1.29 is 9.90 Å². The third-order valence-electron chi connectivity index (χ3n) is 4.41. The summed E-state index contributed by atoms with van der Waals surface area (Å²) >= 11 is 0. The van der Waals surface area contributed by atoms with Gasteiger partial charge in [-0.05, 0) is 51.0 Å². The molecule has 2 rings (SSSR count). The topological polar surface area (TPSA) is 52.6 Å². The maximum Gasteiger partial charge on any atom is 0.240 e. The molecule has 2 heterocycles. The monoisotopic (exact) mass is 254 g/mol. The van der Waals surface area contributed by atoms with Crippen LogP contribution in [-0.4, -0.2) is 47.7 Å². The zero-order valence-electron chi connectivity index (χ0n) is 11.4. The van der Waals surface area contributed by atoms with Crippen molar-refractivity contribution in [1.82, 2.24) is 10.2 Å². The molecule has 0 spiro atoms. The molecule has 2 saturated heterocycles. The highest BCUT2D eigenvalue weighted by Gasteiger charge is 2.34. The van der Waals surface area contributed by atoms with Crippen LogP contribution in [0.3, 0.4) is 0 Å². The summed E-state index contributed by atoms with van der Waals surface area (Å²) in [6.45, 7) is 4.18. The SMILES string of the molecule is CC1CCCNC1C(=O)N1CCCCC1CCO. The van der Waals surface area contributed by atoms with E-state index in [2.05, 4.69) is 12.2 Å². The molecule has 0 aromatic carbocycles. The molecule has 0 aromatic heterocycles. The van der Waals surface area contributed by atoms with Crippen molar-refractivity contribution in [3.63, 3.8) is 0 Å². The fourth-order valence-electron chi connectivity index (χ4n) is 3.30. The van der Waals surface area contributed by atoms with Crippen LogP contribution in [0.4, 0.5) is 0 Å². The minimum absolute atomic E-state index is 0.00181. The van der Waals surface area contributed by atoms with Crippen molar-refractivity contribution in [2.45, 2.75) is 57.5 Å². The second-order valence-electron chi connectivity index (χ2n) is 5.74. The van der Waals surface area contributed by atoms with Crippen LogP contribution in [0.2, 0.25) is 0 Å². The van der Waals surface area contributed by atoms with Crippen molar-refractivity contribution in [2.24, 2.45) is 5.92 Å². The summed E-state index contributed by atoms with van der Waals surface area (Å²) in [5.74, 6) is 0.698.